The van der Waals surface area contributed by atoms with Crippen LogP contribution < -0.4 is 5.73 Å². The SMILES string of the molecule is NCC1(c2ccc(Cl)nc2Cl)CC(F)(F)C1. The Balaban J connectivity index is 2.36. The predicted molar refractivity (Wildman–Crippen MR) is 59.2 cm³/mol. The molecule has 1 aliphatic rings. The molecule has 2 N–H and O–H groups in total. The zero-order valence-corrected chi connectivity index (χ0v) is 9.82. The third kappa shape index (κ3) is 1.90. The smallest absolute Gasteiger partial charge is 0.250 e. The van der Waals surface area contributed by atoms with Gasteiger partial charge in [-0.15, -0.1) is 0 Å². The fourth-order valence-electron chi connectivity index (χ4n) is 2.19. The Morgan fingerprint density at radius 2 is 1.94 bits per heavy atom. The molecule has 1 aromatic heterocycles. The van der Waals surface area contributed by atoms with E-state index < -0.39 is 11.3 Å². The van der Waals surface area contributed by atoms with Crippen LogP contribution in [0.2, 0.25) is 10.3 Å². The maximum absolute atomic E-state index is 13.0. The van der Waals surface area contributed by atoms with Crippen molar-refractivity contribution in [2.45, 2.75) is 24.2 Å². The number of pyridine rings is 1. The van der Waals surface area contributed by atoms with Crippen LogP contribution in [0, 0.1) is 0 Å². The number of hydrogen-bond donors (Lipinski definition) is 1. The molecule has 0 aromatic carbocycles. The van der Waals surface area contributed by atoms with E-state index in [1.807, 2.05) is 0 Å². The molecule has 2 rings (SSSR count). The summed E-state index contributed by atoms with van der Waals surface area (Å²) in [5, 5.41) is 0.403. The minimum absolute atomic E-state index is 0.131. The lowest BCUT2D eigenvalue weighted by Crippen LogP contribution is -2.53. The van der Waals surface area contributed by atoms with Crippen molar-refractivity contribution in [1.29, 1.82) is 0 Å². The Bertz CT molecular complexity index is 415. The van der Waals surface area contributed by atoms with Gasteiger partial charge >= 0.3 is 0 Å². The zero-order valence-electron chi connectivity index (χ0n) is 8.31. The molecule has 0 aliphatic heterocycles. The summed E-state index contributed by atoms with van der Waals surface area (Å²) in [6.45, 7) is 0.131. The molecular weight excluding hydrogens is 257 g/mol. The number of nitrogens with two attached hydrogens (primary N) is 1. The van der Waals surface area contributed by atoms with Gasteiger partial charge in [-0.1, -0.05) is 29.3 Å². The van der Waals surface area contributed by atoms with Crippen molar-refractivity contribution in [3.63, 3.8) is 0 Å². The lowest BCUT2D eigenvalue weighted by atomic mass is 9.62. The largest absolute Gasteiger partial charge is 0.330 e. The number of halogens is 4. The lowest BCUT2D eigenvalue weighted by molar-refractivity contribution is -0.123. The minimum Gasteiger partial charge on any atom is -0.330 e. The molecule has 0 spiro atoms. The Hall–Kier alpha value is -0.450. The van der Waals surface area contributed by atoms with E-state index in [-0.39, 0.29) is 29.7 Å². The van der Waals surface area contributed by atoms with Gasteiger partial charge in [0.15, 0.2) is 0 Å². The van der Waals surface area contributed by atoms with Crippen LogP contribution in [0.1, 0.15) is 18.4 Å². The van der Waals surface area contributed by atoms with Crippen molar-refractivity contribution in [2.75, 3.05) is 6.54 Å². The first-order valence-corrected chi connectivity index (χ1v) is 5.55. The first-order valence-electron chi connectivity index (χ1n) is 4.79. The fraction of sp³-hybridized carbons (Fsp3) is 0.500. The quantitative estimate of drug-likeness (QED) is 0.836. The second-order valence-electron chi connectivity index (χ2n) is 4.17. The average molecular weight is 267 g/mol. The third-order valence-electron chi connectivity index (χ3n) is 2.97. The van der Waals surface area contributed by atoms with E-state index in [0.29, 0.717) is 5.56 Å². The van der Waals surface area contributed by atoms with E-state index >= 15 is 0 Å². The molecule has 2 nitrogen and oxygen atoms in total. The van der Waals surface area contributed by atoms with E-state index in [1.54, 1.807) is 6.07 Å². The van der Waals surface area contributed by atoms with Crippen LogP contribution in [-0.2, 0) is 5.41 Å². The Labute approximate surface area is 102 Å². The molecule has 0 radical (unpaired) electrons. The van der Waals surface area contributed by atoms with E-state index in [0.717, 1.165) is 0 Å². The number of nitrogens with zero attached hydrogens (tertiary/aromatic N) is 1. The molecule has 1 aliphatic carbocycles. The maximum Gasteiger partial charge on any atom is 0.250 e. The van der Waals surface area contributed by atoms with Crippen LogP contribution >= 0.6 is 23.2 Å². The van der Waals surface area contributed by atoms with Crippen LogP contribution in [-0.4, -0.2) is 17.5 Å². The molecule has 1 saturated carbocycles. The molecule has 0 atom stereocenters. The van der Waals surface area contributed by atoms with Crippen LogP contribution in [0.4, 0.5) is 8.78 Å². The number of alkyl halides is 2. The van der Waals surface area contributed by atoms with Crippen molar-refractivity contribution in [3.8, 4) is 0 Å². The maximum atomic E-state index is 13.0. The summed E-state index contributed by atoms with van der Waals surface area (Å²) in [7, 11) is 0. The van der Waals surface area contributed by atoms with Crippen molar-refractivity contribution >= 4 is 23.2 Å². The van der Waals surface area contributed by atoms with Gasteiger partial charge in [0.1, 0.15) is 10.3 Å². The molecule has 0 unspecified atom stereocenters. The van der Waals surface area contributed by atoms with Gasteiger partial charge in [0.2, 0.25) is 5.92 Å². The van der Waals surface area contributed by atoms with Crippen molar-refractivity contribution in [1.82, 2.24) is 4.98 Å². The molecule has 16 heavy (non-hydrogen) atoms. The third-order valence-corrected chi connectivity index (χ3v) is 3.47. The van der Waals surface area contributed by atoms with Gasteiger partial charge in [-0.05, 0) is 11.6 Å². The Morgan fingerprint density at radius 1 is 1.31 bits per heavy atom. The molecule has 0 amide bonds. The van der Waals surface area contributed by atoms with Crippen LogP contribution in [0.15, 0.2) is 12.1 Å². The van der Waals surface area contributed by atoms with Crippen molar-refractivity contribution < 1.29 is 8.78 Å². The number of hydrogen-bond acceptors (Lipinski definition) is 2. The molecule has 6 heteroatoms. The fourth-order valence-corrected chi connectivity index (χ4v) is 2.74. The van der Waals surface area contributed by atoms with Crippen LogP contribution in [0.25, 0.3) is 0 Å². The summed E-state index contributed by atoms with van der Waals surface area (Å²) in [5.41, 5.74) is 5.39. The highest BCUT2D eigenvalue weighted by atomic mass is 35.5. The Kier molecular flexibility index (Phi) is 2.85. The normalized spacial score (nSPS) is 21.6. The topological polar surface area (TPSA) is 38.9 Å². The highest BCUT2D eigenvalue weighted by Gasteiger charge is 2.57. The lowest BCUT2D eigenvalue weighted by Gasteiger charge is -2.47. The number of aromatic nitrogens is 1. The summed E-state index contributed by atoms with van der Waals surface area (Å²) < 4.78 is 25.9. The summed E-state index contributed by atoms with van der Waals surface area (Å²) in [6, 6.07) is 3.16. The summed E-state index contributed by atoms with van der Waals surface area (Å²) in [5.74, 6) is -2.65. The summed E-state index contributed by atoms with van der Waals surface area (Å²) in [4.78, 5) is 3.85. The first kappa shape index (κ1) is 12.0. The summed E-state index contributed by atoms with van der Waals surface area (Å²) >= 11 is 11.6. The molecule has 0 bridgehead atoms. The van der Waals surface area contributed by atoms with Gasteiger partial charge in [0.05, 0.1) is 0 Å². The molecule has 1 aromatic rings. The van der Waals surface area contributed by atoms with E-state index in [9.17, 15) is 8.78 Å². The highest BCUT2D eigenvalue weighted by Crippen LogP contribution is 2.54. The monoisotopic (exact) mass is 266 g/mol. The number of rotatable bonds is 2. The van der Waals surface area contributed by atoms with Gasteiger partial charge in [0, 0.05) is 24.8 Å². The summed E-state index contributed by atoms with van der Waals surface area (Å²) in [6.07, 6.45) is -0.556. The zero-order chi connectivity index (χ0) is 12.0. The van der Waals surface area contributed by atoms with Gasteiger partial charge in [-0.3, -0.25) is 0 Å². The molecule has 88 valence electrons. The van der Waals surface area contributed by atoms with E-state index in [2.05, 4.69) is 4.98 Å². The van der Waals surface area contributed by atoms with Gasteiger partial charge in [-0.25, -0.2) is 13.8 Å². The molecule has 1 heterocycles. The predicted octanol–water partition coefficient (Wildman–Crippen LogP) is 3.01. The Morgan fingerprint density at radius 3 is 2.38 bits per heavy atom. The van der Waals surface area contributed by atoms with Gasteiger partial charge in [0.25, 0.3) is 0 Å². The minimum atomic E-state index is -2.65. The second kappa shape index (κ2) is 3.79. The van der Waals surface area contributed by atoms with Crippen molar-refractivity contribution in [2.24, 2.45) is 5.73 Å². The second-order valence-corrected chi connectivity index (χ2v) is 4.91. The molecular formula is C10H10Cl2F2N2. The van der Waals surface area contributed by atoms with E-state index in [1.165, 1.54) is 6.07 Å². The van der Waals surface area contributed by atoms with Crippen molar-refractivity contribution in [3.05, 3.63) is 28.0 Å². The van der Waals surface area contributed by atoms with Gasteiger partial charge < -0.3 is 5.73 Å². The standard InChI is InChI=1S/C10H10Cl2F2N2/c11-7-2-1-6(8(12)16-7)9(5-15)3-10(13,14)4-9/h1-2H,3-5,15H2. The van der Waals surface area contributed by atoms with Crippen LogP contribution in [0.3, 0.4) is 0 Å². The average Bonchev–Trinajstić information content (AvgIpc) is 2.13. The molecule has 0 saturated heterocycles. The highest BCUT2D eigenvalue weighted by molar-refractivity contribution is 6.32. The van der Waals surface area contributed by atoms with E-state index in [4.69, 9.17) is 28.9 Å². The molecule has 1 fully saturated rings. The first-order chi connectivity index (χ1) is 7.38. The van der Waals surface area contributed by atoms with Crippen LogP contribution in [0.5, 0.6) is 0 Å². The van der Waals surface area contributed by atoms with Gasteiger partial charge in [-0.2, -0.15) is 0 Å².